The van der Waals surface area contributed by atoms with E-state index in [1.54, 1.807) is 36.4 Å². The molecule has 1 heterocycles. The van der Waals surface area contributed by atoms with Gasteiger partial charge in [0.1, 0.15) is 11.6 Å². The Morgan fingerprint density at radius 3 is 1.78 bits per heavy atom. The number of benzene rings is 3. The van der Waals surface area contributed by atoms with Gasteiger partial charge in [0.05, 0.1) is 11.0 Å². The average Bonchev–Trinajstić information content (AvgIpc) is 2.82. The zero-order valence-corrected chi connectivity index (χ0v) is 17.8. The summed E-state index contributed by atoms with van der Waals surface area (Å²) in [6, 6.07) is 19.6. The topological polar surface area (TPSA) is 49.6 Å². The predicted octanol–water partition coefficient (Wildman–Crippen LogP) is 5.34. The van der Waals surface area contributed by atoms with Gasteiger partial charge in [-0.1, -0.05) is 36.4 Å². The standard InChI is InChI=1S/C25H25F2N3O2/c1-18(21-3-2-4-24(17-21)30(31)32)28-13-15-29(16-14-28)25(19-5-9-22(26)10-6-19)20-7-11-23(27)12-8-20/h2-12,17-18,25H,13-16H2,1H3/t18-/m0/s1. The molecule has 4 rings (SSSR count). The van der Waals surface area contributed by atoms with Crippen molar-refractivity contribution >= 4 is 5.69 Å². The van der Waals surface area contributed by atoms with E-state index in [0.717, 1.165) is 42.9 Å². The fraction of sp³-hybridized carbons (Fsp3) is 0.280. The van der Waals surface area contributed by atoms with Crippen molar-refractivity contribution in [1.29, 1.82) is 0 Å². The summed E-state index contributed by atoms with van der Waals surface area (Å²) in [5.41, 5.74) is 2.93. The molecule has 7 heteroatoms. The smallest absolute Gasteiger partial charge is 0.269 e. The van der Waals surface area contributed by atoms with Crippen molar-refractivity contribution in [3.8, 4) is 0 Å². The van der Waals surface area contributed by atoms with Gasteiger partial charge in [0, 0.05) is 44.4 Å². The van der Waals surface area contributed by atoms with Gasteiger partial charge >= 0.3 is 0 Å². The minimum atomic E-state index is -0.371. The molecule has 1 aliphatic rings. The summed E-state index contributed by atoms with van der Waals surface area (Å²) in [6.45, 7) is 5.15. The van der Waals surface area contributed by atoms with Crippen molar-refractivity contribution in [3.05, 3.63) is 111 Å². The summed E-state index contributed by atoms with van der Waals surface area (Å²) in [4.78, 5) is 15.4. The van der Waals surface area contributed by atoms with Crippen LogP contribution in [-0.4, -0.2) is 40.9 Å². The lowest BCUT2D eigenvalue weighted by molar-refractivity contribution is -0.385. The monoisotopic (exact) mass is 437 g/mol. The molecular formula is C25H25F2N3O2. The first-order valence-corrected chi connectivity index (χ1v) is 10.7. The Morgan fingerprint density at radius 2 is 1.28 bits per heavy atom. The fourth-order valence-electron chi connectivity index (χ4n) is 4.40. The Labute approximate surface area is 186 Å². The van der Waals surface area contributed by atoms with Crippen LogP contribution in [0.5, 0.6) is 0 Å². The van der Waals surface area contributed by atoms with Crippen molar-refractivity contribution in [2.45, 2.75) is 19.0 Å². The third-order valence-electron chi connectivity index (χ3n) is 6.20. The maximum atomic E-state index is 13.5. The maximum Gasteiger partial charge on any atom is 0.269 e. The van der Waals surface area contributed by atoms with Gasteiger partial charge in [-0.25, -0.2) is 8.78 Å². The van der Waals surface area contributed by atoms with E-state index >= 15 is 0 Å². The van der Waals surface area contributed by atoms with Crippen molar-refractivity contribution in [2.75, 3.05) is 26.2 Å². The van der Waals surface area contributed by atoms with Gasteiger partial charge in [0.25, 0.3) is 5.69 Å². The molecule has 0 aliphatic carbocycles. The van der Waals surface area contributed by atoms with Gasteiger partial charge in [0.15, 0.2) is 0 Å². The Hall–Kier alpha value is -3.16. The molecule has 166 valence electrons. The molecule has 0 radical (unpaired) electrons. The Morgan fingerprint density at radius 1 is 0.781 bits per heavy atom. The summed E-state index contributed by atoms with van der Waals surface area (Å²) in [7, 11) is 0. The number of nitro groups is 1. The van der Waals surface area contributed by atoms with E-state index < -0.39 is 0 Å². The van der Waals surface area contributed by atoms with Crippen LogP contribution in [0.4, 0.5) is 14.5 Å². The number of nitrogens with zero attached hydrogens (tertiary/aromatic N) is 3. The Balaban J connectivity index is 1.52. The summed E-state index contributed by atoms with van der Waals surface area (Å²) < 4.78 is 27.0. The summed E-state index contributed by atoms with van der Waals surface area (Å²) >= 11 is 0. The van der Waals surface area contributed by atoms with Gasteiger partial charge in [-0.2, -0.15) is 0 Å². The van der Waals surface area contributed by atoms with E-state index in [0.29, 0.717) is 0 Å². The number of piperazine rings is 1. The Kier molecular flexibility index (Phi) is 6.58. The lowest BCUT2D eigenvalue weighted by atomic mass is 9.96. The van der Waals surface area contributed by atoms with Crippen LogP contribution < -0.4 is 0 Å². The molecule has 0 N–H and O–H groups in total. The lowest BCUT2D eigenvalue weighted by Gasteiger charge is -2.42. The predicted molar refractivity (Wildman–Crippen MR) is 119 cm³/mol. The van der Waals surface area contributed by atoms with E-state index in [4.69, 9.17) is 0 Å². The molecule has 0 unspecified atom stereocenters. The zero-order chi connectivity index (χ0) is 22.7. The summed E-state index contributed by atoms with van der Waals surface area (Å²) in [6.07, 6.45) is 0. The highest BCUT2D eigenvalue weighted by Gasteiger charge is 2.29. The molecule has 3 aromatic carbocycles. The van der Waals surface area contributed by atoms with Crippen molar-refractivity contribution in [1.82, 2.24) is 9.80 Å². The molecule has 0 aromatic heterocycles. The summed E-state index contributed by atoms with van der Waals surface area (Å²) in [5, 5.41) is 11.1. The highest BCUT2D eigenvalue weighted by Crippen LogP contribution is 2.32. The normalized spacial score (nSPS) is 16.2. The highest BCUT2D eigenvalue weighted by molar-refractivity contribution is 5.36. The van der Waals surface area contributed by atoms with E-state index in [-0.39, 0.29) is 34.3 Å². The number of rotatable bonds is 6. The molecule has 0 bridgehead atoms. The number of hydrogen-bond donors (Lipinski definition) is 0. The fourth-order valence-corrected chi connectivity index (χ4v) is 4.40. The van der Waals surface area contributed by atoms with Crippen LogP contribution in [0.15, 0.2) is 72.8 Å². The number of nitro benzene ring substituents is 1. The van der Waals surface area contributed by atoms with Crippen LogP contribution in [0.3, 0.4) is 0 Å². The molecule has 1 saturated heterocycles. The first-order valence-electron chi connectivity index (χ1n) is 10.7. The van der Waals surface area contributed by atoms with Gasteiger partial charge < -0.3 is 0 Å². The summed E-state index contributed by atoms with van der Waals surface area (Å²) in [5.74, 6) is -0.579. The van der Waals surface area contributed by atoms with E-state index in [2.05, 4.69) is 16.7 Å². The largest absolute Gasteiger partial charge is 0.294 e. The minimum Gasteiger partial charge on any atom is -0.294 e. The number of hydrogen-bond acceptors (Lipinski definition) is 4. The zero-order valence-electron chi connectivity index (χ0n) is 17.8. The minimum absolute atomic E-state index is 0.0483. The second-order valence-electron chi connectivity index (χ2n) is 8.11. The molecule has 1 aliphatic heterocycles. The van der Waals surface area contributed by atoms with Crippen LogP contribution >= 0.6 is 0 Å². The molecule has 0 saturated carbocycles. The van der Waals surface area contributed by atoms with Crippen LogP contribution in [0.25, 0.3) is 0 Å². The second kappa shape index (κ2) is 9.54. The van der Waals surface area contributed by atoms with E-state index in [1.807, 2.05) is 6.07 Å². The number of halogens is 2. The van der Waals surface area contributed by atoms with Crippen molar-refractivity contribution in [2.24, 2.45) is 0 Å². The average molecular weight is 437 g/mol. The second-order valence-corrected chi connectivity index (χ2v) is 8.11. The van der Waals surface area contributed by atoms with Gasteiger partial charge in [-0.15, -0.1) is 0 Å². The van der Waals surface area contributed by atoms with Crippen LogP contribution in [-0.2, 0) is 0 Å². The molecule has 1 fully saturated rings. The third-order valence-corrected chi connectivity index (χ3v) is 6.20. The third kappa shape index (κ3) is 4.84. The SMILES string of the molecule is C[C@@H](c1cccc([N+](=O)[O-])c1)N1CCN(C(c2ccc(F)cc2)c2ccc(F)cc2)CC1. The van der Waals surface area contributed by atoms with Gasteiger partial charge in [0.2, 0.25) is 0 Å². The van der Waals surface area contributed by atoms with Crippen LogP contribution in [0.2, 0.25) is 0 Å². The maximum absolute atomic E-state index is 13.5. The van der Waals surface area contributed by atoms with Crippen molar-refractivity contribution in [3.63, 3.8) is 0 Å². The molecule has 0 amide bonds. The molecule has 32 heavy (non-hydrogen) atoms. The highest BCUT2D eigenvalue weighted by atomic mass is 19.1. The van der Waals surface area contributed by atoms with Crippen LogP contribution in [0.1, 0.15) is 35.7 Å². The molecule has 3 aromatic rings. The first-order chi connectivity index (χ1) is 15.4. The molecular weight excluding hydrogens is 412 g/mol. The van der Waals surface area contributed by atoms with Crippen LogP contribution in [0, 0.1) is 21.7 Å². The lowest BCUT2D eigenvalue weighted by Crippen LogP contribution is -2.48. The first kappa shape index (κ1) is 22.0. The molecule has 1 atom stereocenters. The van der Waals surface area contributed by atoms with Gasteiger partial charge in [-0.3, -0.25) is 19.9 Å². The molecule has 0 spiro atoms. The quantitative estimate of drug-likeness (QED) is 0.386. The Bertz CT molecular complexity index is 1020. The molecule has 5 nitrogen and oxygen atoms in total. The van der Waals surface area contributed by atoms with E-state index in [1.165, 1.54) is 30.3 Å². The van der Waals surface area contributed by atoms with Crippen molar-refractivity contribution < 1.29 is 13.7 Å². The van der Waals surface area contributed by atoms with E-state index in [9.17, 15) is 18.9 Å². The van der Waals surface area contributed by atoms with Gasteiger partial charge in [-0.05, 0) is 47.9 Å². The number of non-ortho nitro benzene ring substituents is 1.